The van der Waals surface area contributed by atoms with E-state index >= 15 is 0 Å². The van der Waals surface area contributed by atoms with Gasteiger partial charge in [0.1, 0.15) is 5.01 Å². The van der Waals surface area contributed by atoms with Crippen LogP contribution in [0.1, 0.15) is 30.5 Å². The highest BCUT2D eigenvalue weighted by molar-refractivity contribution is 7.98. The third-order valence-corrected chi connectivity index (χ3v) is 6.40. The Hall–Kier alpha value is -3.25. The van der Waals surface area contributed by atoms with Crippen molar-refractivity contribution in [1.82, 2.24) is 34.2 Å². The van der Waals surface area contributed by atoms with E-state index in [0.717, 1.165) is 5.01 Å². The lowest BCUT2D eigenvalue weighted by Crippen LogP contribution is -2.15. The van der Waals surface area contributed by atoms with E-state index in [2.05, 4.69) is 25.1 Å². The van der Waals surface area contributed by atoms with E-state index in [1.165, 1.54) is 50.5 Å². The molecule has 0 aliphatic heterocycles. The van der Waals surface area contributed by atoms with Gasteiger partial charge in [-0.2, -0.15) is 14.6 Å². The van der Waals surface area contributed by atoms with Crippen LogP contribution in [0, 0.1) is 0 Å². The molecule has 0 aliphatic carbocycles. The van der Waals surface area contributed by atoms with Crippen LogP contribution in [-0.2, 0) is 5.75 Å². The monoisotopic (exact) mass is 441 g/mol. The van der Waals surface area contributed by atoms with E-state index in [-0.39, 0.29) is 17.0 Å². The molecule has 0 unspecified atom stereocenters. The molecule has 0 radical (unpaired) electrons. The molecule has 30 heavy (non-hydrogen) atoms. The minimum atomic E-state index is -0.286. The minimum Gasteiger partial charge on any atom is -0.461 e. The first kappa shape index (κ1) is 18.8. The molecular formula is C18H15N7O3S2. The Morgan fingerprint density at radius 3 is 2.87 bits per heavy atom. The summed E-state index contributed by atoms with van der Waals surface area (Å²) in [6.07, 6.45) is 1.53. The molecule has 0 saturated carbocycles. The normalized spacial score (nSPS) is 11.8. The van der Waals surface area contributed by atoms with Crippen LogP contribution >= 0.6 is 23.1 Å². The van der Waals surface area contributed by atoms with Gasteiger partial charge in [-0.15, -0.1) is 0 Å². The van der Waals surface area contributed by atoms with Crippen molar-refractivity contribution in [3.05, 3.63) is 61.9 Å². The fourth-order valence-corrected chi connectivity index (χ4v) is 4.58. The number of hydrogen-bond donors (Lipinski definition) is 1. The van der Waals surface area contributed by atoms with E-state index in [1.54, 1.807) is 12.1 Å². The average Bonchev–Trinajstić information content (AvgIpc) is 3.44. The zero-order valence-corrected chi connectivity index (χ0v) is 17.5. The summed E-state index contributed by atoms with van der Waals surface area (Å²) < 4.78 is 8.22. The van der Waals surface area contributed by atoms with Gasteiger partial charge in [0.25, 0.3) is 11.1 Å². The molecule has 0 aliphatic rings. The molecule has 0 atom stereocenters. The second kappa shape index (κ2) is 7.22. The number of thioether (sulfide) groups is 1. The maximum atomic E-state index is 12.4. The van der Waals surface area contributed by atoms with Gasteiger partial charge in [0, 0.05) is 23.8 Å². The van der Waals surface area contributed by atoms with Crippen molar-refractivity contribution in [3.63, 3.8) is 0 Å². The van der Waals surface area contributed by atoms with Crippen LogP contribution in [-0.4, -0.2) is 34.2 Å². The SMILES string of the molecule is CC(C)c1nn2c(=O)cc(CSc3nc(-c4ccco4)nc4cc(=O)[nH]n34)nc2s1. The number of nitrogens with one attached hydrogen (secondary N) is 1. The lowest BCUT2D eigenvalue weighted by Gasteiger charge is -2.06. The summed E-state index contributed by atoms with van der Waals surface area (Å²) in [6.45, 7) is 4.04. The molecule has 0 bridgehead atoms. The van der Waals surface area contributed by atoms with Crippen LogP contribution in [0.5, 0.6) is 0 Å². The standard InChI is InChI=1S/C18H15N7O3S2/c1-9(2)16-23-25-14(27)6-10(19-18(25)30-16)8-29-17-21-15(11-4-3-5-28-11)20-12-7-13(26)22-24(12)17/h3-7,9H,8H2,1-2H3,(H,22,26). The zero-order valence-electron chi connectivity index (χ0n) is 15.9. The molecule has 0 aromatic carbocycles. The van der Waals surface area contributed by atoms with Crippen molar-refractivity contribution in [1.29, 1.82) is 0 Å². The summed E-state index contributed by atoms with van der Waals surface area (Å²) in [6, 6.07) is 6.34. The van der Waals surface area contributed by atoms with Gasteiger partial charge in [-0.1, -0.05) is 36.9 Å². The van der Waals surface area contributed by atoms with Gasteiger partial charge in [-0.25, -0.2) is 14.5 Å². The van der Waals surface area contributed by atoms with Crippen LogP contribution in [0.25, 0.3) is 22.2 Å². The number of furan rings is 1. The number of aromatic nitrogens is 7. The van der Waals surface area contributed by atoms with Gasteiger partial charge in [-0.05, 0) is 12.1 Å². The van der Waals surface area contributed by atoms with E-state index in [1.807, 2.05) is 13.8 Å². The highest BCUT2D eigenvalue weighted by atomic mass is 32.2. The molecule has 5 aromatic rings. The molecule has 5 aromatic heterocycles. The second-order valence-electron chi connectivity index (χ2n) is 6.78. The molecular weight excluding hydrogens is 426 g/mol. The Kier molecular flexibility index (Phi) is 4.51. The number of H-pyrrole nitrogens is 1. The van der Waals surface area contributed by atoms with E-state index in [9.17, 15) is 9.59 Å². The molecule has 0 saturated heterocycles. The smallest absolute Gasteiger partial charge is 0.275 e. The predicted molar refractivity (Wildman–Crippen MR) is 112 cm³/mol. The zero-order chi connectivity index (χ0) is 20.8. The van der Waals surface area contributed by atoms with Crippen molar-refractivity contribution in [2.45, 2.75) is 30.7 Å². The van der Waals surface area contributed by atoms with Gasteiger partial charge < -0.3 is 4.42 Å². The number of fused-ring (bicyclic) bond motifs is 2. The summed E-state index contributed by atoms with van der Waals surface area (Å²) in [5.41, 5.74) is 0.518. The number of rotatable bonds is 5. The average molecular weight is 441 g/mol. The van der Waals surface area contributed by atoms with Gasteiger partial charge in [0.15, 0.2) is 22.4 Å². The quantitative estimate of drug-likeness (QED) is 0.413. The second-order valence-corrected chi connectivity index (χ2v) is 8.71. The third-order valence-electron chi connectivity index (χ3n) is 4.22. The first-order chi connectivity index (χ1) is 14.5. The summed E-state index contributed by atoms with van der Waals surface area (Å²) >= 11 is 2.73. The molecule has 5 heterocycles. The molecule has 0 amide bonds. The van der Waals surface area contributed by atoms with E-state index < -0.39 is 0 Å². The maximum Gasteiger partial charge on any atom is 0.275 e. The Balaban J connectivity index is 1.51. The molecule has 1 N–H and O–H groups in total. The van der Waals surface area contributed by atoms with Crippen LogP contribution in [0.15, 0.2) is 49.7 Å². The molecule has 5 rings (SSSR count). The topological polar surface area (TPSA) is 123 Å². The maximum absolute atomic E-state index is 12.4. The summed E-state index contributed by atoms with van der Waals surface area (Å²) in [7, 11) is 0. The Morgan fingerprint density at radius 1 is 1.23 bits per heavy atom. The van der Waals surface area contributed by atoms with E-state index in [0.29, 0.717) is 38.8 Å². The number of hydrogen-bond acceptors (Lipinski definition) is 9. The third kappa shape index (κ3) is 3.33. The van der Waals surface area contributed by atoms with Crippen molar-refractivity contribution < 1.29 is 4.42 Å². The molecule has 152 valence electrons. The molecule has 0 spiro atoms. The fraction of sp³-hybridized carbons (Fsp3) is 0.222. The van der Waals surface area contributed by atoms with Crippen LogP contribution < -0.4 is 11.1 Å². The first-order valence-corrected chi connectivity index (χ1v) is 10.8. The van der Waals surface area contributed by atoms with Gasteiger partial charge >= 0.3 is 0 Å². The Morgan fingerprint density at radius 2 is 2.10 bits per heavy atom. The molecule has 0 fully saturated rings. The number of aromatic amines is 1. The Bertz CT molecular complexity index is 1480. The fourth-order valence-electron chi connectivity index (χ4n) is 2.81. The van der Waals surface area contributed by atoms with Crippen molar-refractivity contribution in [2.24, 2.45) is 0 Å². The van der Waals surface area contributed by atoms with E-state index in [4.69, 9.17) is 4.42 Å². The van der Waals surface area contributed by atoms with Crippen molar-refractivity contribution in [2.75, 3.05) is 0 Å². The lowest BCUT2D eigenvalue weighted by atomic mass is 10.2. The van der Waals surface area contributed by atoms with Crippen molar-refractivity contribution >= 4 is 33.7 Å². The van der Waals surface area contributed by atoms with Gasteiger partial charge in [0.05, 0.1) is 12.0 Å². The van der Waals surface area contributed by atoms with Crippen LogP contribution in [0.4, 0.5) is 0 Å². The molecule has 10 nitrogen and oxygen atoms in total. The summed E-state index contributed by atoms with van der Waals surface area (Å²) in [5, 5.41) is 8.38. The van der Waals surface area contributed by atoms with Crippen LogP contribution in [0.3, 0.4) is 0 Å². The van der Waals surface area contributed by atoms with Gasteiger partial charge in [-0.3, -0.25) is 14.7 Å². The molecule has 12 heteroatoms. The Labute approximate surface area is 176 Å². The number of nitrogens with zero attached hydrogens (tertiary/aromatic N) is 6. The lowest BCUT2D eigenvalue weighted by molar-refractivity contribution is 0.574. The highest BCUT2D eigenvalue weighted by Gasteiger charge is 2.15. The van der Waals surface area contributed by atoms with Crippen molar-refractivity contribution in [3.8, 4) is 11.6 Å². The predicted octanol–water partition coefficient (Wildman–Crippen LogP) is 2.56. The summed E-state index contributed by atoms with van der Waals surface area (Å²) in [4.78, 5) is 38.3. The van der Waals surface area contributed by atoms with Gasteiger partial charge in [0.2, 0.25) is 4.96 Å². The largest absolute Gasteiger partial charge is 0.461 e. The summed E-state index contributed by atoms with van der Waals surface area (Å²) in [5.74, 6) is 1.46. The minimum absolute atomic E-state index is 0.216. The first-order valence-electron chi connectivity index (χ1n) is 9.04. The highest BCUT2D eigenvalue weighted by Crippen LogP contribution is 2.25. The van der Waals surface area contributed by atoms with Crippen LogP contribution in [0.2, 0.25) is 0 Å².